The summed E-state index contributed by atoms with van der Waals surface area (Å²) in [6, 6.07) is 8.50. The number of aromatic nitrogens is 5. The quantitative estimate of drug-likeness (QED) is 0.363. The van der Waals surface area contributed by atoms with Crippen LogP contribution in [0.5, 0.6) is 11.8 Å². The molecule has 13 heteroatoms. The van der Waals surface area contributed by atoms with Gasteiger partial charge in [0.1, 0.15) is 12.0 Å². The van der Waals surface area contributed by atoms with Crippen LogP contribution >= 0.6 is 0 Å². The number of alkyl halides is 3. The van der Waals surface area contributed by atoms with Crippen molar-refractivity contribution < 1.29 is 22.8 Å². The van der Waals surface area contributed by atoms with Crippen LogP contribution in [0.3, 0.4) is 0 Å². The number of nitrogens with zero attached hydrogens (tertiary/aromatic N) is 6. The zero-order valence-electron chi connectivity index (χ0n) is 17.1. The van der Waals surface area contributed by atoms with E-state index in [9.17, 15) is 23.3 Å². The molecule has 1 aromatic carbocycles. The first-order valence-electron chi connectivity index (χ1n) is 9.84. The molecule has 0 unspecified atom stereocenters. The van der Waals surface area contributed by atoms with E-state index in [2.05, 4.69) is 20.1 Å². The molecule has 0 aliphatic carbocycles. The van der Waals surface area contributed by atoms with Gasteiger partial charge in [-0.1, -0.05) is 18.2 Å². The molecule has 33 heavy (non-hydrogen) atoms. The molecule has 0 radical (unpaired) electrons. The SMILES string of the molecule is Cn1nc(Oc2ncnc(N3CCc4c([nH]c5ccccc45)C3)c2[N+](=O)[O-])cc1C(F)(F)F. The van der Waals surface area contributed by atoms with E-state index in [4.69, 9.17) is 4.74 Å². The summed E-state index contributed by atoms with van der Waals surface area (Å²) in [6.07, 6.45) is -2.95. The van der Waals surface area contributed by atoms with Crippen LogP contribution in [-0.4, -0.2) is 36.2 Å². The van der Waals surface area contributed by atoms with Crippen molar-refractivity contribution in [2.24, 2.45) is 7.05 Å². The van der Waals surface area contributed by atoms with Crippen molar-refractivity contribution in [2.45, 2.75) is 19.1 Å². The summed E-state index contributed by atoms with van der Waals surface area (Å²) in [5.74, 6) is -0.935. The molecule has 0 amide bonds. The number of halogens is 3. The van der Waals surface area contributed by atoms with Gasteiger partial charge in [-0.3, -0.25) is 14.8 Å². The van der Waals surface area contributed by atoms with Gasteiger partial charge < -0.3 is 14.6 Å². The molecule has 0 atom stereocenters. The number of nitrogens with one attached hydrogen (secondary N) is 1. The molecule has 170 valence electrons. The number of H-pyrrole nitrogens is 1. The Hall–Kier alpha value is -4.16. The van der Waals surface area contributed by atoms with Crippen molar-refractivity contribution in [2.75, 3.05) is 11.4 Å². The zero-order chi connectivity index (χ0) is 23.3. The minimum absolute atomic E-state index is 0.0151. The first kappa shape index (κ1) is 20.7. The first-order valence-corrected chi connectivity index (χ1v) is 9.84. The van der Waals surface area contributed by atoms with Crippen LogP contribution < -0.4 is 9.64 Å². The molecule has 0 saturated carbocycles. The normalized spacial score (nSPS) is 13.9. The third-order valence-electron chi connectivity index (χ3n) is 5.48. The maximum atomic E-state index is 13.1. The second-order valence-corrected chi connectivity index (χ2v) is 7.50. The largest absolute Gasteiger partial charge is 0.433 e. The number of nitro groups is 1. The number of ether oxygens (including phenoxy) is 1. The number of rotatable bonds is 4. The molecule has 5 rings (SSSR count). The molecule has 1 aliphatic rings. The van der Waals surface area contributed by atoms with Crippen molar-refractivity contribution in [3.63, 3.8) is 0 Å². The van der Waals surface area contributed by atoms with Crippen LogP contribution in [0.4, 0.5) is 24.7 Å². The van der Waals surface area contributed by atoms with E-state index in [1.165, 1.54) is 0 Å². The molecule has 3 aromatic heterocycles. The van der Waals surface area contributed by atoms with Crippen LogP contribution in [0.1, 0.15) is 17.0 Å². The van der Waals surface area contributed by atoms with Gasteiger partial charge in [0.05, 0.1) is 11.5 Å². The molecule has 10 nitrogen and oxygen atoms in total. The molecule has 0 spiro atoms. The molecule has 4 aromatic rings. The summed E-state index contributed by atoms with van der Waals surface area (Å²) < 4.78 is 45.1. The molecule has 1 aliphatic heterocycles. The number of anilines is 1. The lowest BCUT2D eigenvalue weighted by atomic mass is 10.0. The second-order valence-electron chi connectivity index (χ2n) is 7.50. The highest BCUT2D eigenvalue weighted by atomic mass is 19.4. The lowest BCUT2D eigenvalue weighted by Crippen LogP contribution is -2.31. The Kier molecular flexibility index (Phi) is 4.69. The van der Waals surface area contributed by atoms with Crippen LogP contribution in [0.2, 0.25) is 0 Å². The maximum absolute atomic E-state index is 13.1. The van der Waals surface area contributed by atoms with E-state index >= 15 is 0 Å². The average molecular weight is 459 g/mol. The van der Waals surface area contributed by atoms with Crippen molar-refractivity contribution in [3.8, 4) is 11.8 Å². The number of benzene rings is 1. The Morgan fingerprint density at radius 3 is 2.76 bits per heavy atom. The molecule has 0 fully saturated rings. The van der Waals surface area contributed by atoms with Crippen molar-refractivity contribution >= 4 is 22.4 Å². The standard InChI is InChI=1S/C20H16F3N7O3/c1-28-15(20(21,22)23)8-16(27-28)33-19-17(30(31)32)18(24-10-25-19)29-7-6-12-11-4-2-3-5-13(11)26-14(12)9-29/h2-5,8,10,26H,6-7,9H2,1H3. The molecule has 4 heterocycles. The van der Waals surface area contributed by atoms with Gasteiger partial charge in [0.2, 0.25) is 11.7 Å². The van der Waals surface area contributed by atoms with Crippen molar-refractivity contribution in [1.82, 2.24) is 24.7 Å². The van der Waals surface area contributed by atoms with Crippen molar-refractivity contribution in [1.29, 1.82) is 0 Å². The maximum Gasteiger partial charge on any atom is 0.433 e. The molecule has 1 N–H and O–H groups in total. The highest BCUT2D eigenvalue weighted by Crippen LogP contribution is 2.39. The van der Waals surface area contributed by atoms with Crippen LogP contribution in [0, 0.1) is 10.1 Å². The Morgan fingerprint density at radius 2 is 2.03 bits per heavy atom. The number of hydrogen-bond acceptors (Lipinski definition) is 7. The van der Waals surface area contributed by atoms with Gasteiger partial charge in [-0.25, -0.2) is 4.98 Å². The molecular weight excluding hydrogens is 443 g/mol. The van der Waals surface area contributed by atoms with E-state index in [0.717, 1.165) is 35.5 Å². The summed E-state index contributed by atoms with van der Waals surface area (Å²) in [5, 5.41) is 16.6. The highest BCUT2D eigenvalue weighted by molar-refractivity contribution is 5.85. The number of aromatic amines is 1. The Balaban J connectivity index is 1.50. The predicted octanol–water partition coefficient (Wildman–Crippen LogP) is 3.97. The van der Waals surface area contributed by atoms with E-state index in [0.29, 0.717) is 30.3 Å². The zero-order valence-corrected chi connectivity index (χ0v) is 17.1. The second kappa shape index (κ2) is 7.46. The predicted molar refractivity (Wildman–Crippen MR) is 110 cm³/mol. The molecule has 0 bridgehead atoms. The third kappa shape index (κ3) is 3.60. The highest BCUT2D eigenvalue weighted by Gasteiger charge is 2.36. The summed E-state index contributed by atoms with van der Waals surface area (Å²) in [7, 11) is 1.10. The van der Waals surface area contributed by atoms with Crippen LogP contribution in [-0.2, 0) is 26.2 Å². The number of fused-ring (bicyclic) bond motifs is 3. The number of hydrogen-bond donors (Lipinski definition) is 1. The van der Waals surface area contributed by atoms with E-state index in [1.54, 1.807) is 4.90 Å². The lowest BCUT2D eigenvalue weighted by molar-refractivity contribution is -0.385. The summed E-state index contributed by atoms with van der Waals surface area (Å²) in [6.45, 7) is 0.789. The van der Waals surface area contributed by atoms with E-state index in [1.807, 2.05) is 24.3 Å². The van der Waals surface area contributed by atoms with E-state index in [-0.39, 0.29) is 5.82 Å². The van der Waals surface area contributed by atoms with Gasteiger partial charge >= 0.3 is 17.7 Å². The third-order valence-corrected chi connectivity index (χ3v) is 5.48. The van der Waals surface area contributed by atoms with Gasteiger partial charge in [-0.05, 0) is 18.1 Å². The number of para-hydroxylation sites is 1. The number of aryl methyl sites for hydroxylation is 1. The smallest absolute Gasteiger partial charge is 0.413 e. The van der Waals surface area contributed by atoms with E-state index < -0.39 is 34.2 Å². The molecular formula is C20H16F3N7O3. The van der Waals surface area contributed by atoms with Crippen molar-refractivity contribution in [3.05, 3.63) is 63.7 Å². The monoisotopic (exact) mass is 459 g/mol. The fourth-order valence-corrected chi connectivity index (χ4v) is 4.05. The minimum atomic E-state index is -4.66. The van der Waals surface area contributed by atoms with Gasteiger partial charge in [0.25, 0.3) is 0 Å². The van der Waals surface area contributed by atoms with Gasteiger partial charge in [-0.15, -0.1) is 5.10 Å². The Bertz CT molecular complexity index is 1380. The van der Waals surface area contributed by atoms with Gasteiger partial charge in [0.15, 0.2) is 0 Å². The Morgan fingerprint density at radius 1 is 1.24 bits per heavy atom. The van der Waals surface area contributed by atoms with Crippen LogP contribution in [0.15, 0.2) is 36.7 Å². The van der Waals surface area contributed by atoms with Gasteiger partial charge in [0, 0.05) is 36.3 Å². The average Bonchev–Trinajstić information content (AvgIpc) is 3.32. The summed E-state index contributed by atoms with van der Waals surface area (Å²) in [4.78, 5) is 24.1. The van der Waals surface area contributed by atoms with Gasteiger partial charge in [-0.2, -0.15) is 18.2 Å². The fraction of sp³-hybridized carbons (Fsp3) is 0.250. The first-order chi connectivity index (χ1) is 15.7. The summed E-state index contributed by atoms with van der Waals surface area (Å²) in [5.41, 5.74) is 1.43. The topological polar surface area (TPSA) is 115 Å². The minimum Gasteiger partial charge on any atom is -0.413 e. The lowest BCUT2D eigenvalue weighted by Gasteiger charge is -2.27. The fourth-order valence-electron chi connectivity index (χ4n) is 4.05. The summed E-state index contributed by atoms with van der Waals surface area (Å²) >= 11 is 0. The Labute approximate surface area is 183 Å². The molecule has 0 saturated heterocycles. The van der Waals surface area contributed by atoms with Crippen LogP contribution in [0.25, 0.3) is 10.9 Å².